The highest BCUT2D eigenvalue weighted by Gasteiger charge is 2.32. The Labute approximate surface area is 173 Å². The van der Waals surface area contributed by atoms with Gasteiger partial charge in [-0.1, -0.05) is 42.2 Å². The van der Waals surface area contributed by atoms with Crippen molar-refractivity contribution in [1.82, 2.24) is 4.90 Å². The first-order valence-corrected chi connectivity index (χ1v) is 9.84. The number of methoxy groups -OCH3 is 1. The molecule has 0 saturated carbocycles. The minimum atomic E-state index is -0.177. The highest BCUT2D eigenvalue weighted by atomic mass is 32.2. The molecule has 1 saturated heterocycles. The van der Waals surface area contributed by atoms with Gasteiger partial charge in [-0.15, -0.1) is 0 Å². The Balaban J connectivity index is 1.73. The molecule has 2 N–H and O–H groups in total. The van der Waals surface area contributed by atoms with Crippen molar-refractivity contribution in [2.45, 2.75) is 6.92 Å². The summed E-state index contributed by atoms with van der Waals surface area (Å²) in [5.41, 5.74) is 1.54. The molecule has 1 amide bonds. The second kappa shape index (κ2) is 8.99. The molecule has 28 heavy (non-hydrogen) atoms. The summed E-state index contributed by atoms with van der Waals surface area (Å²) in [5.74, 6) is 0.938. The van der Waals surface area contributed by atoms with E-state index in [0.717, 1.165) is 17.0 Å². The smallest absolute Gasteiger partial charge is 0.267 e. The monoisotopic (exact) mass is 416 g/mol. The number of thioether (sulfide) groups is 1. The highest BCUT2D eigenvalue weighted by Crippen LogP contribution is 2.34. The number of nitrogens with zero attached hydrogens (tertiary/aromatic N) is 1. The first-order chi connectivity index (χ1) is 13.5. The lowest BCUT2D eigenvalue weighted by molar-refractivity contribution is -0.121. The zero-order chi connectivity index (χ0) is 20.1. The number of nitrogens with one attached hydrogen (secondary N) is 1. The number of para-hydroxylation sites is 2. The van der Waals surface area contributed by atoms with Crippen molar-refractivity contribution < 1.29 is 19.4 Å². The Kier molecular flexibility index (Phi) is 6.43. The molecule has 1 aliphatic rings. The van der Waals surface area contributed by atoms with E-state index in [2.05, 4.69) is 5.32 Å². The number of benzene rings is 2. The van der Waals surface area contributed by atoms with Crippen molar-refractivity contribution >= 4 is 46.0 Å². The molecule has 8 heteroatoms. The largest absolute Gasteiger partial charge is 0.504 e. The SMILES string of the molecule is CCOc1ccccc1NCN1C(=O)/C(=C/c2ccc(O)c(OC)c2)SC1=S. The first-order valence-electron chi connectivity index (χ1n) is 8.61. The Hall–Kier alpha value is -2.71. The lowest BCUT2D eigenvalue weighted by atomic mass is 10.2. The van der Waals surface area contributed by atoms with Crippen LogP contribution >= 0.6 is 24.0 Å². The molecule has 0 atom stereocenters. The van der Waals surface area contributed by atoms with Gasteiger partial charge in [0.05, 0.1) is 31.0 Å². The molecule has 0 aromatic heterocycles. The van der Waals surface area contributed by atoms with Crippen LogP contribution in [-0.4, -0.2) is 40.6 Å². The second-order valence-electron chi connectivity index (χ2n) is 5.81. The summed E-state index contributed by atoms with van der Waals surface area (Å²) in [5, 5.41) is 12.9. The number of carbonyl (C=O) groups is 1. The third-order valence-electron chi connectivity index (χ3n) is 3.99. The van der Waals surface area contributed by atoms with E-state index in [-0.39, 0.29) is 18.3 Å². The van der Waals surface area contributed by atoms with Gasteiger partial charge in [-0.3, -0.25) is 9.69 Å². The molecule has 6 nitrogen and oxygen atoms in total. The molecular formula is C20H20N2O4S2. The first kappa shape index (κ1) is 20.0. The standard InChI is InChI=1S/C20H20N2O4S2/c1-3-26-16-7-5-4-6-14(16)21-12-22-19(24)18(28-20(22)27)11-13-8-9-15(23)17(10-13)25-2/h4-11,21,23H,3,12H2,1-2H3/b18-11-. The number of phenols is 1. The molecule has 1 fully saturated rings. The van der Waals surface area contributed by atoms with Crippen LogP contribution in [0, 0.1) is 0 Å². The van der Waals surface area contributed by atoms with Gasteiger partial charge in [-0.2, -0.15) is 0 Å². The van der Waals surface area contributed by atoms with E-state index in [9.17, 15) is 9.90 Å². The minimum Gasteiger partial charge on any atom is -0.504 e. The molecular weight excluding hydrogens is 396 g/mol. The fourth-order valence-corrected chi connectivity index (χ4v) is 3.89. The van der Waals surface area contributed by atoms with E-state index < -0.39 is 0 Å². The molecule has 0 aliphatic carbocycles. The number of anilines is 1. The summed E-state index contributed by atoms with van der Waals surface area (Å²) >= 11 is 6.61. The van der Waals surface area contributed by atoms with Crippen LogP contribution in [0.15, 0.2) is 47.4 Å². The van der Waals surface area contributed by atoms with Gasteiger partial charge in [0.1, 0.15) is 10.1 Å². The minimum absolute atomic E-state index is 0.0457. The van der Waals surface area contributed by atoms with Crippen molar-refractivity contribution in [3.05, 3.63) is 52.9 Å². The van der Waals surface area contributed by atoms with Gasteiger partial charge >= 0.3 is 0 Å². The zero-order valence-electron chi connectivity index (χ0n) is 15.5. The van der Waals surface area contributed by atoms with Crippen LogP contribution in [0.25, 0.3) is 6.08 Å². The van der Waals surface area contributed by atoms with Crippen molar-refractivity contribution in [3.8, 4) is 17.2 Å². The number of hydrogen-bond donors (Lipinski definition) is 2. The Bertz CT molecular complexity index is 930. The molecule has 1 heterocycles. The fraction of sp³-hybridized carbons (Fsp3) is 0.200. The summed E-state index contributed by atoms with van der Waals surface area (Å²) in [6, 6.07) is 12.4. The normalized spacial score (nSPS) is 15.2. The maximum atomic E-state index is 12.8. The van der Waals surface area contributed by atoms with Crippen LogP contribution < -0.4 is 14.8 Å². The van der Waals surface area contributed by atoms with Gasteiger partial charge in [0, 0.05) is 0 Å². The van der Waals surface area contributed by atoms with Crippen molar-refractivity contribution in [3.63, 3.8) is 0 Å². The van der Waals surface area contributed by atoms with Crippen LogP contribution in [0.2, 0.25) is 0 Å². The number of carbonyl (C=O) groups excluding carboxylic acids is 1. The molecule has 0 spiro atoms. The lowest BCUT2D eigenvalue weighted by Gasteiger charge is -2.18. The molecule has 146 valence electrons. The fourth-order valence-electron chi connectivity index (χ4n) is 2.63. The quantitative estimate of drug-likeness (QED) is 0.521. The maximum absolute atomic E-state index is 12.8. The third-order valence-corrected chi connectivity index (χ3v) is 5.37. The predicted molar refractivity (Wildman–Crippen MR) is 116 cm³/mol. The van der Waals surface area contributed by atoms with E-state index >= 15 is 0 Å². The van der Waals surface area contributed by atoms with Crippen LogP contribution in [0.3, 0.4) is 0 Å². The summed E-state index contributed by atoms with van der Waals surface area (Å²) in [6.45, 7) is 2.71. The molecule has 2 aromatic rings. The van der Waals surface area contributed by atoms with Crippen LogP contribution in [0.5, 0.6) is 17.2 Å². The van der Waals surface area contributed by atoms with Gasteiger partial charge in [-0.25, -0.2) is 0 Å². The number of ether oxygens (including phenoxy) is 2. The van der Waals surface area contributed by atoms with Crippen LogP contribution in [0.4, 0.5) is 5.69 Å². The lowest BCUT2D eigenvalue weighted by Crippen LogP contribution is -2.33. The van der Waals surface area contributed by atoms with Crippen molar-refractivity contribution in [1.29, 1.82) is 0 Å². The van der Waals surface area contributed by atoms with Gasteiger partial charge in [0.2, 0.25) is 0 Å². The highest BCUT2D eigenvalue weighted by molar-refractivity contribution is 8.26. The summed E-state index contributed by atoms with van der Waals surface area (Å²) in [7, 11) is 1.48. The van der Waals surface area contributed by atoms with Crippen LogP contribution in [-0.2, 0) is 4.79 Å². The average Bonchev–Trinajstić information content (AvgIpc) is 2.96. The van der Waals surface area contributed by atoms with E-state index in [4.69, 9.17) is 21.7 Å². The summed E-state index contributed by atoms with van der Waals surface area (Å²) < 4.78 is 11.2. The molecule has 1 aliphatic heterocycles. The van der Waals surface area contributed by atoms with Gasteiger partial charge in [0.25, 0.3) is 5.91 Å². The number of phenolic OH excluding ortho intramolecular Hbond substituents is 1. The Morgan fingerprint density at radius 3 is 2.79 bits per heavy atom. The number of aromatic hydroxyl groups is 1. The van der Waals surface area contributed by atoms with E-state index in [0.29, 0.717) is 21.6 Å². The molecule has 0 unspecified atom stereocenters. The molecule has 2 aromatic carbocycles. The topological polar surface area (TPSA) is 71.0 Å². The van der Waals surface area contributed by atoms with Gasteiger partial charge < -0.3 is 19.9 Å². The number of amides is 1. The number of thiocarbonyl (C=S) groups is 1. The number of hydrogen-bond acceptors (Lipinski definition) is 7. The van der Waals surface area contributed by atoms with Gasteiger partial charge in [0.15, 0.2) is 11.5 Å². The molecule has 3 rings (SSSR count). The van der Waals surface area contributed by atoms with E-state index in [1.807, 2.05) is 31.2 Å². The average molecular weight is 417 g/mol. The molecule has 0 radical (unpaired) electrons. The summed E-state index contributed by atoms with van der Waals surface area (Å²) in [6.07, 6.45) is 1.73. The van der Waals surface area contributed by atoms with Gasteiger partial charge in [-0.05, 0) is 42.8 Å². The second-order valence-corrected chi connectivity index (χ2v) is 7.48. The van der Waals surface area contributed by atoms with Crippen molar-refractivity contribution in [2.24, 2.45) is 0 Å². The molecule has 0 bridgehead atoms. The zero-order valence-corrected chi connectivity index (χ0v) is 17.1. The Morgan fingerprint density at radius 2 is 2.04 bits per heavy atom. The summed E-state index contributed by atoms with van der Waals surface area (Å²) in [4.78, 5) is 14.8. The Morgan fingerprint density at radius 1 is 1.25 bits per heavy atom. The third kappa shape index (κ3) is 4.40. The maximum Gasteiger partial charge on any atom is 0.267 e. The van der Waals surface area contributed by atoms with E-state index in [1.165, 1.54) is 29.8 Å². The van der Waals surface area contributed by atoms with Crippen LogP contribution in [0.1, 0.15) is 12.5 Å². The van der Waals surface area contributed by atoms with E-state index in [1.54, 1.807) is 18.2 Å². The number of rotatable bonds is 7. The van der Waals surface area contributed by atoms with Crippen molar-refractivity contribution in [2.75, 3.05) is 25.7 Å². The predicted octanol–water partition coefficient (Wildman–Crippen LogP) is 4.07.